The molecule has 3 rings (SSSR count). The lowest BCUT2D eigenvalue weighted by Crippen LogP contribution is -2.10. The molecule has 0 N–H and O–H groups in total. The van der Waals surface area contributed by atoms with Crippen LogP contribution in [-0.2, 0) is 0 Å². The fraction of sp³-hybridized carbons (Fsp3) is 0.0435. The van der Waals surface area contributed by atoms with E-state index >= 15 is 0 Å². The Morgan fingerprint density at radius 2 is 1.56 bits per heavy atom. The van der Waals surface area contributed by atoms with Crippen LogP contribution in [0.25, 0.3) is 11.6 Å². The SMILES string of the molecule is COc1cc(/C=C(\C#N)c2ccc(Cl)cc2)ccc1OC(=O)c1cc([N+](=O)[O-])cc([N+](=O)[O-])c1. The van der Waals surface area contributed by atoms with Gasteiger partial charge in [0.1, 0.15) is 0 Å². The number of allylic oxidation sites excluding steroid dienone is 1. The summed E-state index contributed by atoms with van der Waals surface area (Å²) in [6.07, 6.45) is 1.60. The van der Waals surface area contributed by atoms with Crippen LogP contribution in [0.4, 0.5) is 11.4 Å². The summed E-state index contributed by atoms with van der Waals surface area (Å²) in [7, 11) is 1.34. The molecule has 170 valence electrons. The van der Waals surface area contributed by atoms with Gasteiger partial charge in [0.25, 0.3) is 11.4 Å². The van der Waals surface area contributed by atoms with Crippen molar-refractivity contribution in [2.45, 2.75) is 0 Å². The van der Waals surface area contributed by atoms with Crippen molar-refractivity contribution in [2.24, 2.45) is 0 Å². The smallest absolute Gasteiger partial charge is 0.344 e. The molecule has 0 fully saturated rings. The first-order chi connectivity index (χ1) is 16.2. The van der Waals surface area contributed by atoms with Gasteiger partial charge in [0.05, 0.1) is 40.2 Å². The van der Waals surface area contributed by atoms with E-state index in [4.69, 9.17) is 21.1 Å². The van der Waals surface area contributed by atoms with E-state index in [9.17, 15) is 30.3 Å². The van der Waals surface area contributed by atoms with Gasteiger partial charge in [0.2, 0.25) is 0 Å². The summed E-state index contributed by atoms with van der Waals surface area (Å²) in [6.45, 7) is 0. The van der Waals surface area contributed by atoms with Gasteiger partial charge >= 0.3 is 5.97 Å². The summed E-state index contributed by atoms with van der Waals surface area (Å²) >= 11 is 5.88. The molecular weight excluding hydrogens is 466 g/mol. The van der Waals surface area contributed by atoms with E-state index in [0.29, 0.717) is 21.7 Å². The monoisotopic (exact) mass is 479 g/mol. The van der Waals surface area contributed by atoms with Crippen molar-refractivity contribution in [3.05, 3.63) is 103 Å². The number of methoxy groups -OCH3 is 1. The number of non-ortho nitro benzene ring substituents is 2. The lowest BCUT2D eigenvalue weighted by atomic mass is 10.0. The van der Waals surface area contributed by atoms with Gasteiger partial charge in [0, 0.05) is 17.2 Å². The molecule has 0 aliphatic rings. The Morgan fingerprint density at radius 1 is 0.941 bits per heavy atom. The average molecular weight is 480 g/mol. The highest BCUT2D eigenvalue weighted by Gasteiger charge is 2.22. The van der Waals surface area contributed by atoms with Crippen molar-refractivity contribution in [3.8, 4) is 17.6 Å². The number of esters is 1. The zero-order valence-electron chi connectivity index (χ0n) is 17.4. The predicted octanol–water partition coefficient (Wildman–Crippen LogP) is 5.45. The van der Waals surface area contributed by atoms with Crippen molar-refractivity contribution in [3.63, 3.8) is 0 Å². The summed E-state index contributed by atoms with van der Waals surface area (Å²) in [4.78, 5) is 33.0. The Balaban J connectivity index is 1.91. The maximum Gasteiger partial charge on any atom is 0.344 e. The zero-order valence-corrected chi connectivity index (χ0v) is 18.2. The van der Waals surface area contributed by atoms with Crippen LogP contribution >= 0.6 is 11.6 Å². The third kappa shape index (κ3) is 5.53. The van der Waals surface area contributed by atoms with Gasteiger partial charge in [-0.2, -0.15) is 5.26 Å². The molecular formula is C23H14ClN3O7. The normalized spacial score (nSPS) is 10.8. The van der Waals surface area contributed by atoms with Gasteiger partial charge in [-0.05, 0) is 41.5 Å². The molecule has 0 aliphatic carbocycles. The molecule has 0 saturated carbocycles. The molecule has 0 aromatic heterocycles. The topological polar surface area (TPSA) is 146 Å². The van der Waals surface area contributed by atoms with Crippen LogP contribution in [0, 0.1) is 31.6 Å². The second kappa shape index (κ2) is 10.2. The number of nitriles is 1. The summed E-state index contributed by atoms with van der Waals surface area (Å²) in [5.41, 5.74) is -0.0590. The third-order valence-corrected chi connectivity index (χ3v) is 4.79. The van der Waals surface area contributed by atoms with Crippen molar-refractivity contribution in [2.75, 3.05) is 7.11 Å². The van der Waals surface area contributed by atoms with Crippen LogP contribution in [0.3, 0.4) is 0 Å². The molecule has 0 atom stereocenters. The highest BCUT2D eigenvalue weighted by Crippen LogP contribution is 2.31. The predicted molar refractivity (Wildman–Crippen MR) is 123 cm³/mol. The first-order valence-corrected chi connectivity index (χ1v) is 9.81. The standard InChI is InChI=1S/C23H14ClN3O7/c1-33-22-9-14(8-17(13-25)15-3-5-18(24)6-4-15)2-7-21(22)34-23(28)16-10-19(26(29)30)12-20(11-16)27(31)32/h2-12H,1H3/b17-8+. The van der Waals surface area contributed by atoms with Crippen LogP contribution in [0.2, 0.25) is 5.02 Å². The van der Waals surface area contributed by atoms with E-state index in [2.05, 4.69) is 6.07 Å². The van der Waals surface area contributed by atoms with Gasteiger partial charge in [-0.25, -0.2) is 4.79 Å². The maximum absolute atomic E-state index is 12.6. The largest absolute Gasteiger partial charge is 0.493 e. The van der Waals surface area contributed by atoms with E-state index in [1.807, 2.05) is 0 Å². The van der Waals surface area contributed by atoms with Gasteiger partial charge in [0.15, 0.2) is 11.5 Å². The van der Waals surface area contributed by atoms with Crippen molar-refractivity contribution < 1.29 is 24.1 Å². The highest BCUT2D eigenvalue weighted by atomic mass is 35.5. The molecule has 3 aromatic rings. The number of rotatable bonds is 7. The van der Waals surface area contributed by atoms with Crippen molar-refractivity contribution in [1.29, 1.82) is 5.26 Å². The maximum atomic E-state index is 12.6. The van der Waals surface area contributed by atoms with Crippen LogP contribution < -0.4 is 9.47 Å². The summed E-state index contributed by atoms with van der Waals surface area (Å²) in [6, 6.07) is 15.8. The number of hydrogen-bond acceptors (Lipinski definition) is 8. The molecule has 0 radical (unpaired) electrons. The van der Waals surface area contributed by atoms with E-state index in [0.717, 1.165) is 18.2 Å². The van der Waals surface area contributed by atoms with Crippen LogP contribution in [0.15, 0.2) is 60.7 Å². The Kier molecular flexibility index (Phi) is 7.20. The van der Waals surface area contributed by atoms with Crippen LogP contribution in [0.5, 0.6) is 11.5 Å². The van der Waals surface area contributed by atoms with Crippen LogP contribution in [0.1, 0.15) is 21.5 Å². The molecule has 34 heavy (non-hydrogen) atoms. The number of benzene rings is 3. The lowest BCUT2D eigenvalue weighted by Gasteiger charge is -2.10. The molecule has 0 unspecified atom stereocenters. The summed E-state index contributed by atoms with van der Waals surface area (Å²) in [5.74, 6) is -0.938. The van der Waals surface area contributed by atoms with E-state index in [1.54, 1.807) is 36.4 Å². The molecule has 11 heteroatoms. The minimum absolute atomic E-state index is 0.0243. The molecule has 0 heterocycles. The highest BCUT2D eigenvalue weighted by molar-refractivity contribution is 6.30. The fourth-order valence-electron chi connectivity index (χ4n) is 2.92. The molecule has 10 nitrogen and oxygen atoms in total. The molecule has 3 aromatic carbocycles. The molecule has 0 amide bonds. The minimum atomic E-state index is -1.05. The van der Waals surface area contributed by atoms with Gasteiger partial charge in [-0.15, -0.1) is 0 Å². The Labute approximate surface area is 197 Å². The number of hydrogen-bond donors (Lipinski definition) is 0. The van der Waals surface area contributed by atoms with Gasteiger partial charge in [-0.3, -0.25) is 20.2 Å². The Bertz CT molecular complexity index is 1330. The molecule has 0 bridgehead atoms. The fourth-order valence-corrected chi connectivity index (χ4v) is 3.04. The second-order valence-corrected chi connectivity index (χ2v) is 7.17. The second-order valence-electron chi connectivity index (χ2n) is 6.73. The number of carbonyl (C=O) groups excluding carboxylic acids is 1. The van der Waals surface area contributed by atoms with Gasteiger partial charge in [-0.1, -0.05) is 29.8 Å². The number of carbonyl (C=O) groups is 1. The first kappa shape index (κ1) is 23.9. The molecule has 0 spiro atoms. The Morgan fingerprint density at radius 3 is 2.09 bits per heavy atom. The minimum Gasteiger partial charge on any atom is -0.493 e. The first-order valence-electron chi connectivity index (χ1n) is 9.43. The number of ether oxygens (including phenoxy) is 2. The summed E-state index contributed by atoms with van der Waals surface area (Å²) < 4.78 is 10.5. The van der Waals surface area contributed by atoms with E-state index in [1.165, 1.54) is 19.2 Å². The Hall–Kier alpha value is -4.75. The molecule has 0 saturated heterocycles. The van der Waals surface area contributed by atoms with Gasteiger partial charge < -0.3 is 9.47 Å². The number of nitro benzene ring substituents is 2. The average Bonchev–Trinajstić information content (AvgIpc) is 2.83. The lowest BCUT2D eigenvalue weighted by molar-refractivity contribution is -0.394. The molecule has 0 aliphatic heterocycles. The summed E-state index contributed by atoms with van der Waals surface area (Å²) in [5, 5.41) is 32.2. The number of nitro groups is 2. The van der Waals surface area contributed by atoms with E-state index < -0.39 is 27.2 Å². The van der Waals surface area contributed by atoms with Crippen LogP contribution in [-0.4, -0.2) is 22.9 Å². The third-order valence-electron chi connectivity index (χ3n) is 4.54. The van der Waals surface area contributed by atoms with Crippen molar-refractivity contribution in [1.82, 2.24) is 0 Å². The number of nitrogens with zero attached hydrogens (tertiary/aromatic N) is 3. The number of halogens is 1. The quantitative estimate of drug-likeness (QED) is 0.108. The van der Waals surface area contributed by atoms with Crippen molar-refractivity contribution >= 4 is 40.6 Å². The van der Waals surface area contributed by atoms with E-state index in [-0.39, 0.29) is 17.1 Å². The zero-order chi connectivity index (χ0) is 24.8.